The second kappa shape index (κ2) is 8.64. The Bertz CT molecular complexity index is 430. The first-order chi connectivity index (χ1) is 10.3. The largest absolute Gasteiger partial charge is 0.490 e. The Hall–Kier alpha value is -0.740. The Morgan fingerprint density at radius 2 is 1.90 bits per heavy atom. The SMILES string of the molecule is CCCOc1ccc(C(Br)C2CCCO2)cc1OCCC. The molecule has 0 N–H and O–H groups in total. The van der Waals surface area contributed by atoms with E-state index in [0.29, 0.717) is 13.2 Å². The van der Waals surface area contributed by atoms with Crippen molar-refractivity contribution in [3.8, 4) is 11.5 Å². The van der Waals surface area contributed by atoms with E-state index in [-0.39, 0.29) is 10.9 Å². The van der Waals surface area contributed by atoms with Gasteiger partial charge in [0, 0.05) is 6.61 Å². The molecule has 0 amide bonds. The van der Waals surface area contributed by atoms with Crippen molar-refractivity contribution in [2.45, 2.75) is 50.5 Å². The first kappa shape index (κ1) is 16.6. The first-order valence-electron chi connectivity index (χ1n) is 7.91. The monoisotopic (exact) mass is 356 g/mol. The van der Waals surface area contributed by atoms with Crippen molar-refractivity contribution in [1.29, 1.82) is 0 Å². The molecular formula is C17H25BrO3. The van der Waals surface area contributed by atoms with Gasteiger partial charge in [0.2, 0.25) is 0 Å². The molecule has 1 saturated heterocycles. The summed E-state index contributed by atoms with van der Waals surface area (Å²) < 4.78 is 17.4. The molecule has 2 atom stereocenters. The lowest BCUT2D eigenvalue weighted by Gasteiger charge is -2.19. The van der Waals surface area contributed by atoms with Crippen LogP contribution in [0.3, 0.4) is 0 Å². The van der Waals surface area contributed by atoms with E-state index in [9.17, 15) is 0 Å². The van der Waals surface area contributed by atoms with Crippen LogP contribution in [0.2, 0.25) is 0 Å². The van der Waals surface area contributed by atoms with Crippen LogP contribution >= 0.6 is 15.9 Å². The zero-order valence-electron chi connectivity index (χ0n) is 12.9. The topological polar surface area (TPSA) is 27.7 Å². The Kier molecular flexibility index (Phi) is 6.84. The number of alkyl halides is 1. The maximum absolute atomic E-state index is 5.85. The quantitative estimate of drug-likeness (QED) is 0.621. The Labute approximate surface area is 136 Å². The highest BCUT2D eigenvalue weighted by molar-refractivity contribution is 9.09. The van der Waals surface area contributed by atoms with Crippen LogP contribution in [0, 0.1) is 0 Å². The van der Waals surface area contributed by atoms with E-state index >= 15 is 0 Å². The van der Waals surface area contributed by atoms with E-state index in [2.05, 4.69) is 41.9 Å². The van der Waals surface area contributed by atoms with Gasteiger partial charge in [0.25, 0.3) is 0 Å². The van der Waals surface area contributed by atoms with Crippen LogP contribution in [0.1, 0.15) is 49.9 Å². The molecule has 1 aromatic carbocycles. The molecule has 2 unspecified atom stereocenters. The molecule has 1 aliphatic heterocycles. The number of halogens is 1. The van der Waals surface area contributed by atoms with Gasteiger partial charge in [-0.2, -0.15) is 0 Å². The van der Waals surface area contributed by atoms with Gasteiger partial charge < -0.3 is 14.2 Å². The van der Waals surface area contributed by atoms with Gasteiger partial charge in [-0.3, -0.25) is 0 Å². The molecule has 0 saturated carbocycles. The number of rotatable bonds is 8. The van der Waals surface area contributed by atoms with E-state index in [1.54, 1.807) is 0 Å². The average Bonchev–Trinajstić information content (AvgIpc) is 3.04. The standard InChI is InChI=1S/C17H25BrO3/c1-3-9-19-14-8-7-13(12-16(14)20-10-4-2)17(18)15-6-5-11-21-15/h7-8,12,15,17H,3-6,9-11H2,1-2H3. The van der Waals surface area contributed by atoms with Gasteiger partial charge in [-0.25, -0.2) is 0 Å². The molecule has 21 heavy (non-hydrogen) atoms. The maximum Gasteiger partial charge on any atom is 0.161 e. The van der Waals surface area contributed by atoms with Crippen LogP contribution in [-0.4, -0.2) is 25.9 Å². The highest BCUT2D eigenvalue weighted by Crippen LogP contribution is 2.38. The van der Waals surface area contributed by atoms with Crippen molar-refractivity contribution in [1.82, 2.24) is 0 Å². The fourth-order valence-electron chi connectivity index (χ4n) is 2.40. The molecule has 3 nitrogen and oxygen atoms in total. The number of ether oxygens (including phenoxy) is 3. The summed E-state index contributed by atoms with van der Waals surface area (Å²) in [6.07, 6.45) is 4.48. The van der Waals surface area contributed by atoms with E-state index in [0.717, 1.165) is 43.8 Å². The third-order valence-corrected chi connectivity index (χ3v) is 4.62. The summed E-state index contributed by atoms with van der Waals surface area (Å²) in [5.41, 5.74) is 1.19. The van der Waals surface area contributed by atoms with Crippen LogP contribution < -0.4 is 9.47 Å². The minimum atomic E-state index is 0.212. The maximum atomic E-state index is 5.85. The fraction of sp³-hybridized carbons (Fsp3) is 0.647. The molecule has 0 radical (unpaired) electrons. The highest BCUT2D eigenvalue weighted by atomic mass is 79.9. The van der Waals surface area contributed by atoms with E-state index < -0.39 is 0 Å². The minimum absolute atomic E-state index is 0.212. The van der Waals surface area contributed by atoms with Crippen LogP contribution in [0.15, 0.2) is 18.2 Å². The molecule has 1 aromatic rings. The van der Waals surface area contributed by atoms with Crippen molar-refractivity contribution < 1.29 is 14.2 Å². The van der Waals surface area contributed by atoms with Crippen LogP contribution in [0.4, 0.5) is 0 Å². The number of hydrogen-bond donors (Lipinski definition) is 0. The van der Waals surface area contributed by atoms with Crippen LogP contribution in [0.25, 0.3) is 0 Å². The number of benzene rings is 1. The van der Waals surface area contributed by atoms with Gasteiger partial charge in [-0.1, -0.05) is 35.8 Å². The lowest BCUT2D eigenvalue weighted by atomic mass is 10.0. The smallest absolute Gasteiger partial charge is 0.161 e. The lowest BCUT2D eigenvalue weighted by Crippen LogP contribution is -2.12. The molecule has 118 valence electrons. The molecule has 0 aromatic heterocycles. The molecule has 1 fully saturated rings. The molecule has 0 spiro atoms. The zero-order chi connectivity index (χ0) is 15.1. The molecule has 1 aliphatic rings. The average molecular weight is 357 g/mol. The fourth-order valence-corrected chi connectivity index (χ4v) is 3.10. The van der Waals surface area contributed by atoms with Gasteiger partial charge >= 0.3 is 0 Å². The van der Waals surface area contributed by atoms with Crippen LogP contribution in [0.5, 0.6) is 11.5 Å². The third-order valence-electron chi connectivity index (χ3n) is 3.50. The molecule has 4 heteroatoms. The van der Waals surface area contributed by atoms with Crippen molar-refractivity contribution in [2.24, 2.45) is 0 Å². The summed E-state index contributed by atoms with van der Waals surface area (Å²) in [6, 6.07) is 6.20. The molecule has 2 rings (SSSR count). The lowest BCUT2D eigenvalue weighted by molar-refractivity contribution is 0.110. The van der Waals surface area contributed by atoms with Crippen molar-refractivity contribution in [3.63, 3.8) is 0 Å². The second-order valence-electron chi connectivity index (χ2n) is 5.36. The summed E-state index contributed by atoms with van der Waals surface area (Å²) >= 11 is 3.77. The zero-order valence-corrected chi connectivity index (χ0v) is 14.5. The van der Waals surface area contributed by atoms with Gasteiger partial charge in [0.1, 0.15) is 0 Å². The van der Waals surface area contributed by atoms with Crippen LogP contribution in [-0.2, 0) is 4.74 Å². The normalized spacial score (nSPS) is 19.5. The summed E-state index contributed by atoms with van der Waals surface area (Å²) in [7, 11) is 0. The molecular weight excluding hydrogens is 332 g/mol. The van der Waals surface area contributed by atoms with Crippen molar-refractivity contribution >= 4 is 15.9 Å². The Balaban J connectivity index is 2.14. The third kappa shape index (κ3) is 4.62. The molecule has 1 heterocycles. The Morgan fingerprint density at radius 3 is 2.52 bits per heavy atom. The van der Waals surface area contributed by atoms with Crippen molar-refractivity contribution in [2.75, 3.05) is 19.8 Å². The summed E-state index contributed by atoms with van der Waals surface area (Å²) in [5.74, 6) is 1.67. The highest BCUT2D eigenvalue weighted by Gasteiger charge is 2.25. The number of hydrogen-bond acceptors (Lipinski definition) is 3. The summed E-state index contributed by atoms with van der Waals surface area (Å²) in [6.45, 7) is 6.50. The summed E-state index contributed by atoms with van der Waals surface area (Å²) in [5, 5.41) is 0. The van der Waals surface area contributed by atoms with Gasteiger partial charge in [0.15, 0.2) is 11.5 Å². The van der Waals surface area contributed by atoms with E-state index in [4.69, 9.17) is 14.2 Å². The predicted molar refractivity (Wildman–Crippen MR) is 88.7 cm³/mol. The molecule has 0 aliphatic carbocycles. The predicted octanol–water partition coefficient (Wildman–Crippen LogP) is 4.88. The minimum Gasteiger partial charge on any atom is -0.490 e. The second-order valence-corrected chi connectivity index (χ2v) is 6.34. The molecule has 0 bridgehead atoms. The summed E-state index contributed by atoms with van der Waals surface area (Å²) in [4.78, 5) is 0.212. The van der Waals surface area contributed by atoms with E-state index in [1.807, 2.05) is 6.07 Å². The first-order valence-corrected chi connectivity index (χ1v) is 8.83. The van der Waals surface area contributed by atoms with E-state index in [1.165, 1.54) is 5.56 Å². The Morgan fingerprint density at radius 1 is 1.19 bits per heavy atom. The van der Waals surface area contributed by atoms with Crippen molar-refractivity contribution in [3.05, 3.63) is 23.8 Å². The van der Waals surface area contributed by atoms with Gasteiger partial charge in [0.05, 0.1) is 24.1 Å². The van der Waals surface area contributed by atoms with Gasteiger partial charge in [-0.15, -0.1) is 0 Å². The van der Waals surface area contributed by atoms with Gasteiger partial charge in [-0.05, 0) is 43.4 Å².